The Morgan fingerprint density at radius 3 is 2.16 bits per heavy atom. The minimum Gasteiger partial charge on any atom is -0.497 e. The van der Waals surface area contributed by atoms with E-state index in [1.54, 1.807) is 55.6 Å². The first-order valence-electron chi connectivity index (χ1n) is 10.0. The summed E-state index contributed by atoms with van der Waals surface area (Å²) < 4.78 is 5.22. The molecule has 2 amide bonds. The molecule has 3 aromatic carbocycles. The van der Waals surface area contributed by atoms with Crippen LogP contribution in [0.15, 0.2) is 72.4 Å². The minimum absolute atomic E-state index is 0.202. The van der Waals surface area contributed by atoms with Gasteiger partial charge in [0.2, 0.25) is 0 Å². The molecule has 158 valence electrons. The standard InChI is InChI=1S/C26H21N3O3/c1-16-4-9-20(14-17(16)2)28-24-23(19-7-12-22(32-3)13-8-19)25(30)29(26(24)31)21-10-5-18(15-27)6-11-21/h4-14,28H,1-3H3. The summed E-state index contributed by atoms with van der Waals surface area (Å²) in [6.45, 7) is 4.00. The smallest absolute Gasteiger partial charge is 0.282 e. The first-order chi connectivity index (χ1) is 15.4. The maximum Gasteiger partial charge on any atom is 0.282 e. The molecule has 1 aliphatic heterocycles. The van der Waals surface area contributed by atoms with E-state index in [1.165, 1.54) is 0 Å². The molecule has 6 nitrogen and oxygen atoms in total. The van der Waals surface area contributed by atoms with E-state index < -0.39 is 11.8 Å². The van der Waals surface area contributed by atoms with E-state index in [1.807, 2.05) is 38.1 Å². The van der Waals surface area contributed by atoms with Crippen LogP contribution >= 0.6 is 0 Å². The summed E-state index contributed by atoms with van der Waals surface area (Å²) in [6, 6.07) is 21.2. The van der Waals surface area contributed by atoms with Crippen molar-refractivity contribution >= 4 is 28.8 Å². The van der Waals surface area contributed by atoms with Gasteiger partial charge >= 0.3 is 0 Å². The number of amides is 2. The predicted octanol–water partition coefficient (Wildman–Crippen LogP) is 4.58. The molecule has 0 fully saturated rings. The highest BCUT2D eigenvalue weighted by molar-refractivity contribution is 6.46. The zero-order chi connectivity index (χ0) is 22.8. The van der Waals surface area contributed by atoms with Gasteiger partial charge in [0.25, 0.3) is 11.8 Å². The molecule has 0 saturated carbocycles. The Kier molecular flexibility index (Phi) is 5.48. The van der Waals surface area contributed by atoms with Gasteiger partial charge in [-0.1, -0.05) is 18.2 Å². The number of nitriles is 1. The Morgan fingerprint density at radius 2 is 1.56 bits per heavy atom. The number of carbonyl (C=O) groups is 2. The summed E-state index contributed by atoms with van der Waals surface area (Å²) in [7, 11) is 1.57. The summed E-state index contributed by atoms with van der Waals surface area (Å²) in [4.78, 5) is 28.0. The topological polar surface area (TPSA) is 82.4 Å². The minimum atomic E-state index is -0.455. The molecule has 3 aromatic rings. The maximum absolute atomic E-state index is 13.5. The van der Waals surface area contributed by atoms with Crippen LogP contribution in [-0.2, 0) is 9.59 Å². The number of hydrogen-bond donors (Lipinski definition) is 1. The number of aryl methyl sites for hydroxylation is 2. The van der Waals surface area contributed by atoms with Crippen molar-refractivity contribution in [1.29, 1.82) is 5.26 Å². The number of hydrogen-bond acceptors (Lipinski definition) is 5. The second-order valence-electron chi connectivity index (χ2n) is 7.51. The van der Waals surface area contributed by atoms with Crippen molar-refractivity contribution in [2.24, 2.45) is 0 Å². The highest BCUT2D eigenvalue weighted by Crippen LogP contribution is 2.34. The molecule has 0 bridgehead atoms. The SMILES string of the molecule is COc1ccc(C2=C(Nc3ccc(C)c(C)c3)C(=O)N(c3ccc(C#N)cc3)C2=O)cc1. The summed E-state index contributed by atoms with van der Waals surface area (Å²) in [6.07, 6.45) is 0. The zero-order valence-corrected chi connectivity index (χ0v) is 18.0. The Bertz CT molecular complexity index is 1280. The predicted molar refractivity (Wildman–Crippen MR) is 123 cm³/mol. The Hall–Kier alpha value is -4.37. The number of nitrogens with one attached hydrogen (secondary N) is 1. The van der Waals surface area contributed by atoms with Gasteiger partial charge in [-0.25, -0.2) is 4.90 Å². The molecular formula is C26H21N3O3. The van der Waals surface area contributed by atoms with Crippen molar-refractivity contribution in [3.8, 4) is 11.8 Å². The molecule has 1 aliphatic rings. The molecule has 0 saturated heterocycles. The van der Waals surface area contributed by atoms with E-state index in [-0.39, 0.29) is 11.3 Å². The summed E-state index contributed by atoms with van der Waals surface area (Å²) in [5, 5.41) is 12.2. The third kappa shape index (κ3) is 3.72. The van der Waals surface area contributed by atoms with Crippen LogP contribution in [0.3, 0.4) is 0 Å². The number of nitrogens with zero attached hydrogens (tertiary/aromatic N) is 2. The summed E-state index contributed by atoms with van der Waals surface area (Å²) in [5.41, 5.74) is 4.86. The molecule has 0 unspecified atom stereocenters. The number of benzene rings is 3. The first-order valence-corrected chi connectivity index (χ1v) is 10.0. The lowest BCUT2D eigenvalue weighted by Crippen LogP contribution is -2.32. The normalized spacial score (nSPS) is 13.4. The van der Waals surface area contributed by atoms with Gasteiger partial charge in [0, 0.05) is 5.69 Å². The average Bonchev–Trinajstić information content (AvgIpc) is 3.05. The van der Waals surface area contributed by atoms with E-state index in [2.05, 4.69) is 5.32 Å². The number of methoxy groups -OCH3 is 1. The molecule has 1 N–H and O–H groups in total. The number of ether oxygens (including phenoxy) is 1. The van der Waals surface area contributed by atoms with Crippen molar-refractivity contribution in [2.45, 2.75) is 13.8 Å². The highest BCUT2D eigenvalue weighted by atomic mass is 16.5. The molecule has 0 aliphatic carbocycles. The van der Waals surface area contributed by atoms with Crippen LogP contribution in [0.4, 0.5) is 11.4 Å². The lowest BCUT2D eigenvalue weighted by atomic mass is 10.0. The van der Waals surface area contributed by atoms with Crippen LogP contribution in [0.2, 0.25) is 0 Å². The molecular weight excluding hydrogens is 402 g/mol. The van der Waals surface area contributed by atoms with Gasteiger partial charge in [-0.3, -0.25) is 9.59 Å². The zero-order valence-electron chi connectivity index (χ0n) is 18.0. The molecule has 6 heteroatoms. The van der Waals surface area contributed by atoms with Crippen LogP contribution in [0, 0.1) is 25.2 Å². The van der Waals surface area contributed by atoms with Crippen molar-refractivity contribution in [3.05, 3.63) is 94.7 Å². The van der Waals surface area contributed by atoms with Crippen molar-refractivity contribution in [3.63, 3.8) is 0 Å². The lowest BCUT2D eigenvalue weighted by Gasteiger charge is -2.15. The molecule has 32 heavy (non-hydrogen) atoms. The van der Waals surface area contributed by atoms with Crippen molar-refractivity contribution in [1.82, 2.24) is 0 Å². The molecule has 0 spiro atoms. The van der Waals surface area contributed by atoms with E-state index in [0.717, 1.165) is 21.7 Å². The van der Waals surface area contributed by atoms with Crippen LogP contribution in [0.25, 0.3) is 5.57 Å². The van der Waals surface area contributed by atoms with Crippen LogP contribution in [0.1, 0.15) is 22.3 Å². The number of rotatable bonds is 5. The summed E-state index contributed by atoms with van der Waals surface area (Å²) in [5.74, 6) is -0.237. The van der Waals surface area contributed by atoms with E-state index >= 15 is 0 Å². The van der Waals surface area contributed by atoms with Crippen molar-refractivity contribution < 1.29 is 14.3 Å². The van der Waals surface area contributed by atoms with Gasteiger partial charge in [0.15, 0.2) is 0 Å². The van der Waals surface area contributed by atoms with Gasteiger partial charge in [-0.15, -0.1) is 0 Å². The first kappa shape index (κ1) is 20.9. The monoisotopic (exact) mass is 423 g/mol. The molecule has 1 heterocycles. The fourth-order valence-corrected chi connectivity index (χ4v) is 3.55. The fourth-order valence-electron chi connectivity index (χ4n) is 3.55. The fraction of sp³-hybridized carbons (Fsp3) is 0.115. The van der Waals surface area contributed by atoms with Crippen molar-refractivity contribution in [2.75, 3.05) is 17.3 Å². The molecule has 0 aromatic heterocycles. The van der Waals surface area contributed by atoms with E-state index in [9.17, 15) is 9.59 Å². The van der Waals surface area contributed by atoms with Gasteiger partial charge in [0.05, 0.1) is 30.0 Å². The molecule has 4 rings (SSSR count). The number of carbonyl (C=O) groups excluding carboxylic acids is 2. The third-order valence-corrected chi connectivity index (χ3v) is 5.49. The third-order valence-electron chi connectivity index (χ3n) is 5.49. The lowest BCUT2D eigenvalue weighted by molar-refractivity contribution is -0.120. The van der Waals surface area contributed by atoms with Gasteiger partial charge in [0.1, 0.15) is 11.4 Å². The largest absolute Gasteiger partial charge is 0.497 e. The second kappa shape index (κ2) is 8.40. The summed E-state index contributed by atoms with van der Waals surface area (Å²) >= 11 is 0. The van der Waals surface area contributed by atoms with Gasteiger partial charge < -0.3 is 10.1 Å². The number of imide groups is 1. The Labute approximate surface area is 186 Å². The van der Waals surface area contributed by atoms with Crippen LogP contribution in [0.5, 0.6) is 5.75 Å². The van der Waals surface area contributed by atoms with E-state index in [4.69, 9.17) is 10.00 Å². The molecule has 0 radical (unpaired) electrons. The highest BCUT2D eigenvalue weighted by Gasteiger charge is 2.40. The van der Waals surface area contributed by atoms with Crippen LogP contribution in [-0.4, -0.2) is 18.9 Å². The number of anilines is 2. The van der Waals surface area contributed by atoms with E-state index in [0.29, 0.717) is 22.6 Å². The second-order valence-corrected chi connectivity index (χ2v) is 7.51. The van der Waals surface area contributed by atoms with Gasteiger partial charge in [-0.05, 0) is 79.1 Å². The Morgan fingerprint density at radius 1 is 0.875 bits per heavy atom. The molecule has 0 atom stereocenters. The van der Waals surface area contributed by atoms with Gasteiger partial charge in [-0.2, -0.15) is 5.26 Å². The quantitative estimate of drug-likeness (QED) is 0.608. The Balaban J connectivity index is 1.80. The maximum atomic E-state index is 13.5. The van der Waals surface area contributed by atoms with Crippen LogP contribution < -0.4 is 15.0 Å². The average molecular weight is 423 g/mol.